The molecule has 0 saturated heterocycles. The molecule has 0 bridgehead atoms. The summed E-state index contributed by atoms with van der Waals surface area (Å²) in [5.41, 5.74) is 1.83. The minimum absolute atomic E-state index is 0.00578. The van der Waals surface area contributed by atoms with E-state index in [2.05, 4.69) is 22.8 Å². The van der Waals surface area contributed by atoms with Crippen LogP contribution in [0.5, 0.6) is 0 Å². The highest BCUT2D eigenvalue weighted by Gasteiger charge is 2.35. The van der Waals surface area contributed by atoms with E-state index in [4.69, 9.17) is 0 Å². The topological polar surface area (TPSA) is 61.4 Å². The Bertz CT molecular complexity index is 713. The molecule has 0 spiro atoms. The number of hydrogen-bond acceptors (Lipinski definition) is 2. The van der Waals surface area contributed by atoms with E-state index in [1.807, 2.05) is 18.2 Å². The molecule has 4 nitrogen and oxygen atoms in total. The van der Waals surface area contributed by atoms with Crippen LogP contribution in [-0.2, 0) is 5.41 Å². The highest BCUT2D eigenvalue weighted by atomic mass is 19.1. The van der Waals surface area contributed by atoms with Gasteiger partial charge in [-0.3, -0.25) is 0 Å². The fourth-order valence-corrected chi connectivity index (χ4v) is 3.72. The number of aliphatic hydroxyl groups excluding tert-OH is 1. The van der Waals surface area contributed by atoms with Crippen molar-refractivity contribution in [3.05, 3.63) is 71.5 Å². The van der Waals surface area contributed by atoms with Gasteiger partial charge in [0, 0.05) is 18.5 Å². The number of rotatable bonds is 6. The van der Waals surface area contributed by atoms with Crippen LogP contribution in [0.4, 0.5) is 9.18 Å². The Morgan fingerprint density at radius 2 is 1.69 bits per heavy atom. The van der Waals surface area contributed by atoms with E-state index in [-0.39, 0.29) is 23.8 Å². The molecular formula is C21H25FN2O2. The predicted octanol–water partition coefficient (Wildman–Crippen LogP) is 3.67. The summed E-state index contributed by atoms with van der Waals surface area (Å²) in [5, 5.41) is 15.8. The summed E-state index contributed by atoms with van der Waals surface area (Å²) in [4.78, 5) is 12.2. The normalized spacial score (nSPS) is 16.8. The number of halogens is 1. The van der Waals surface area contributed by atoms with Gasteiger partial charge < -0.3 is 15.7 Å². The first-order chi connectivity index (χ1) is 12.6. The zero-order valence-electron chi connectivity index (χ0n) is 14.7. The number of benzene rings is 2. The summed E-state index contributed by atoms with van der Waals surface area (Å²) in [5.74, 6) is -0.352. The minimum Gasteiger partial charge on any atom is -0.387 e. The molecule has 1 saturated carbocycles. The molecule has 1 fully saturated rings. The lowest BCUT2D eigenvalue weighted by Crippen LogP contribution is -2.44. The van der Waals surface area contributed by atoms with E-state index in [1.54, 1.807) is 0 Å². The quantitative estimate of drug-likeness (QED) is 0.739. The van der Waals surface area contributed by atoms with Gasteiger partial charge in [-0.25, -0.2) is 9.18 Å². The summed E-state index contributed by atoms with van der Waals surface area (Å²) < 4.78 is 12.9. The van der Waals surface area contributed by atoms with Gasteiger partial charge in [0.25, 0.3) is 0 Å². The lowest BCUT2D eigenvalue weighted by atomic mass is 9.79. The van der Waals surface area contributed by atoms with Gasteiger partial charge >= 0.3 is 6.03 Å². The molecule has 2 amide bonds. The summed E-state index contributed by atoms with van der Waals surface area (Å²) in [6, 6.07) is 15.7. The summed E-state index contributed by atoms with van der Waals surface area (Å²) in [6.45, 7) is 0.658. The molecule has 0 radical (unpaired) electrons. The van der Waals surface area contributed by atoms with Crippen LogP contribution < -0.4 is 10.6 Å². The standard InChI is InChI=1S/C21H25FN2O2/c22-18-10-8-16(9-11-18)19(25)14-23-20(26)24-15-21(12-4-5-13-21)17-6-2-1-3-7-17/h1-3,6-11,19,25H,4-5,12-15H2,(H2,23,24,26). The van der Waals surface area contributed by atoms with Crippen molar-refractivity contribution < 1.29 is 14.3 Å². The third-order valence-electron chi connectivity index (χ3n) is 5.24. The van der Waals surface area contributed by atoms with Crippen molar-refractivity contribution >= 4 is 6.03 Å². The average molecular weight is 356 g/mol. The molecule has 138 valence electrons. The second-order valence-corrected chi connectivity index (χ2v) is 6.98. The van der Waals surface area contributed by atoms with E-state index < -0.39 is 6.10 Å². The van der Waals surface area contributed by atoms with Crippen LogP contribution in [0.3, 0.4) is 0 Å². The van der Waals surface area contributed by atoms with E-state index in [0.717, 1.165) is 12.8 Å². The van der Waals surface area contributed by atoms with Gasteiger partial charge in [-0.05, 0) is 36.1 Å². The molecule has 0 aromatic heterocycles. The largest absolute Gasteiger partial charge is 0.387 e. The van der Waals surface area contributed by atoms with Crippen LogP contribution in [0.1, 0.15) is 42.9 Å². The molecule has 3 N–H and O–H groups in total. The van der Waals surface area contributed by atoms with Crippen LogP contribution >= 0.6 is 0 Å². The van der Waals surface area contributed by atoms with Gasteiger partial charge in [-0.1, -0.05) is 55.3 Å². The Morgan fingerprint density at radius 3 is 2.35 bits per heavy atom. The van der Waals surface area contributed by atoms with Crippen molar-refractivity contribution in [1.82, 2.24) is 10.6 Å². The first kappa shape index (κ1) is 18.4. The average Bonchev–Trinajstić information content (AvgIpc) is 3.16. The smallest absolute Gasteiger partial charge is 0.314 e. The second kappa shape index (κ2) is 8.32. The van der Waals surface area contributed by atoms with E-state index in [9.17, 15) is 14.3 Å². The number of carbonyl (C=O) groups excluding carboxylic acids is 1. The molecule has 2 aromatic carbocycles. The van der Waals surface area contributed by atoms with Gasteiger partial charge in [-0.2, -0.15) is 0 Å². The molecule has 1 aliphatic rings. The van der Waals surface area contributed by atoms with Crippen LogP contribution in [0.2, 0.25) is 0 Å². The molecule has 1 atom stereocenters. The maximum atomic E-state index is 12.9. The van der Waals surface area contributed by atoms with Crippen molar-refractivity contribution in [3.63, 3.8) is 0 Å². The SMILES string of the molecule is O=C(NCC(O)c1ccc(F)cc1)NCC1(c2ccccc2)CCCC1. The number of urea groups is 1. The highest BCUT2D eigenvalue weighted by Crippen LogP contribution is 2.40. The van der Waals surface area contributed by atoms with Crippen LogP contribution in [0, 0.1) is 5.82 Å². The van der Waals surface area contributed by atoms with Crippen LogP contribution in [0.15, 0.2) is 54.6 Å². The lowest BCUT2D eigenvalue weighted by molar-refractivity contribution is 0.172. The monoisotopic (exact) mass is 356 g/mol. The zero-order valence-corrected chi connectivity index (χ0v) is 14.7. The third-order valence-corrected chi connectivity index (χ3v) is 5.24. The van der Waals surface area contributed by atoms with Crippen molar-refractivity contribution in [2.45, 2.75) is 37.2 Å². The fraction of sp³-hybridized carbons (Fsp3) is 0.381. The second-order valence-electron chi connectivity index (χ2n) is 6.98. The molecule has 0 aliphatic heterocycles. The van der Waals surface area contributed by atoms with Crippen LogP contribution in [-0.4, -0.2) is 24.2 Å². The highest BCUT2D eigenvalue weighted by molar-refractivity contribution is 5.74. The Labute approximate surface area is 153 Å². The fourth-order valence-electron chi connectivity index (χ4n) is 3.72. The first-order valence-electron chi connectivity index (χ1n) is 9.10. The molecule has 5 heteroatoms. The molecule has 0 heterocycles. The van der Waals surface area contributed by atoms with Crippen molar-refractivity contribution in [1.29, 1.82) is 0 Å². The van der Waals surface area contributed by atoms with E-state index in [1.165, 1.54) is 42.7 Å². The predicted molar refractivity (Wildman–Crippen MR) is 99.3 cm³/mol. The Hall–Kier alpha value is -2.40. The minimum atomic E-state index is -0.865. The maximum absolute atomic E-state index is 12.9. The van der Waals surface area contributed by atoms with Gasteiger partial charge in [0.2, 0.25) is 0 Å². The molecule has 3 rings (SSSR count). The Kier molecular flexibility index (Phi) is 5.89. The van der Waals surface area contributed by atoms with Crippen molar-refractivity contribution in [2.75, 3.05) is 13.1 Å². The number of amides is 2. The summed E-state index contributed by atoms with van der Waals surface area (Å²) >= 11 is 0. The zero-order chi connectivity index (χ0) is 18.4. The Morgan fingerprint density at radius 1 is 1.04 bits per heavy atom. The van der Waals surface area contributed by atoms with Gasteiger partial charge in [-0.15, -0.1) is 0 Å². The number of aliphatic hydroxyl groups is 1. The van der Waals surface area contributed by atoms with Gasteiger partial charge in [0.1, 0.15) is 5.82 Å². The molecule has 26 heavy (non-hydrogen) atoms. The van der Waals surface area contributed by atoms with Crippen molar-refractivity contribution in [3.8, 4) is 0 Å². The van der Waals surface area contributed by atoms with E-state index >= 15 is 0 Å². The third kappa shape index (κ3) is 4.41. The van der Waals surface area contributed by atoms with Crippen LogP contribution in [0.25, 0.3) is 0 Å². The maximum Gasteiger partial charge on any atom is 0.314 e. The number of nitrogens with one attached hydrogen (secondary N) is 2. The molecule has 2 aromatic rings. The first-order valence-corrected chi connectivity index (χ1v) is 9.10. The Balaban J connectivity index is 1.52. The van der Waals surface area contributed by atoms with Crippen molar-refractivity contribution in [2.24, 2.45) is 0 Å². The molecule has 1 unspecified atom stereocenters. The van der Waals surface area contributed by atoms with Gasteiger partial charge in [0.05, 0.1) is 6.10 Å². The lowest BCUT2D eigenvalue weighted by Gasteiger charge is -2.30. The number of carbonyl (C=O) groups is 1. The molecular weight excluding hydrogens is 331 g/mol. The summed E-state index contributed by atoms with van der Waals surface area (Å²) in [7, 11) is 0. The summed E-state index contributed by atoms with van der Waals surface area (Å²) in [6.07, 6.45) is 3.60. The molecule has 1 aliphatic carbocycles. The van der Waals surface area contributed by atoms with E-state index in [0.29, 0.717) is 12.1 Å². The van der Waals surface area contributed by atoms with Gasteiger partial charge in [0.15, 0.2) is 0 Å². The number of hydrogen-bond donors (Lipinski definition) is 3.